The van der Waals surface area contributed by atoms with E-state index in [9.17, 15) is 27.2 Å². The zero-order valence-electron chi connectivity index (χ0n) is 18.3. The van der Waals surface area contributed by atoms with Gasteiger partial charge in [-0.05, 0) is 42.8 Å². The lowest BCUT2D eigenvalue weighted by atomic mass is 10.1. The lowest BCUT2D eigenvalue weighted by Crippen LogP contribution is -2.38. The van der Waals surface area contributed by atoms with Gasteiger partial charge in [0.1, 0.15) is 23.3 Å². The molecule has 0 saturated heterocycles. The molecule has 0 spiro atoms. The minimum atomic E-state index is -1.09. The van der Waals surface area contributed by atoms with Crippen LogP contribution in [-0.4, -0.2) is 23.3 Å². The van der Waals surface area contributed by atoms with E-state index in [-0.39, 0.29) is 6.54 Å². The third kappa shape index (κ3) is 7.46. The Morgan fingerprint density at radius 1 is 0.656 bits per heavy atom. The Balaban J connectivity index is 2.09. The van der Waals surface area contributed by atoms with E-state index < -0.39 is 46.2 Å². The summed E-state index contributed by atoms with van der Waals surface area (Å²) in [7, 11) is 0. The SMILES string of the molecule is CCCCCCCCCCCN(C(=O)c1cc(F)ccc1F)C(=O)c1cc(F)ccc1F. The minimum absolute atomic E-state index is 0.112. The molecule has 2 aromatic carbocycles. The third-order valence-electron chi connectivity index (χ3n) is 5.29. The first kappa shape index (κ1) is 25.6. The number of unbranched alkanes of at least 4 members (excludes halogenated alkanes) is 8. The van der Waals surface area contributed by atoms with Gasteiger partial charge in [-0.2, -0.15) is 0 Å². The second-order valence-electron chi connectivity index (χ2n) is 7.84. The summed E-state index contributed by atoms with van der Waals surface area (Å²) in [6.45, 7) is 2.04. The van der Waals surface area contributed by atoms with Crippen LogP contribution in [0.4, 0.5) is 17.6 Å². The third-order valence-corrected chi connectivity index (χ3v) is 5.29. The Kier molecular flexibility index (Phi) is 10.4. The number of hydrogen-bond acceptors (Lipinski definition) is 2. The van der Waals surface area contributed by atoms with Gasteiger partial charge in [0.25, 0.3) is 11.8 Å². The van der Waals surface area contributed by atoms with Crippen molar-refractivity contribution in [3.8, 4) is 0 Å². The van der Waals surface area contributed by atoms with Crippen molar-refractivity contribution < 1.29 is 27.2 Å². The Hall–Kier alpha value is -2.70. The largest absolute Gasteiger partial charge is 0.274 e. The van der Waals surface area contributed by atoms with Gasteiger partial charge in [0, 0.05) is 6.54 Å². The van der Waals surface area contributed by atoms with Gasteiger partial charge in [-0.1, -0.05) is 58.3 Å². The van der Waals surface area contributed by atoms with Crippen molar-refractivity contribution in [2.75, 3.05) is 6.54 Å². The molecule has 0 radical (unpaired) electrons. The van der Waals surface area contributed by atoms with Crippen LogP contribution < -0.4 is 0 Å². The van der Waals surface area contributed by atoms with Crippen LogP contribution in [0, 0.1) is 23.3 Å². The number of nitrogens with zero attached hydrogens (tertiary/aromatic N) is 1. The average molecular weight is 452 g/mol. The monoisotopic (exact) mass is 451 g/mol. The maximum Gasteiger partial charge on any atom is 0.263 e. The second kappa shape index (κ2) is 13.0. The molecule has 0 N–H and O–H groups in total. The predicted octanol–water partition coefficient (Wildman–Crippen LogP) is 7.06. The summed E-state index contributed by atoms with van der Waals surface area (Å²) in [4.78, 5) is 26.4. The van der Waals surface area contributed by atoms with Crippen molar-refractivity contribution in [2.24, 2.45) is 0 Å². The molecule has 0 heterocycles. The topological polar surface area (TPSA) is 37.4 Å². The van der Waals surface area contributed by atoms with Gasteiger partial charge in [-0.15, -0.1) is 0 Å². The summed E-state index contributed by atoms with van der Waals surface area (Å²) >= 11 is 0. The van der Waals surface area contributed by atoms with Gasteiger partial charge in [0.15, 0.2) is 0 Å². The van der Waals surface area contributed by atoms with Gasteiger partial charge in [0.2, 0.25) is 0 Å². The first-order valence-corrected chi connectivity index (χ1v) is 11.1. The fourth-order valence-corrected chi connectivity index (χ4v) is 3.49. The zero-order valence-corrected chi connectivity index (χ0v) is 18.3. The average Bonchev–Trinajstić information content (AvgIpc) is 2.77. The number of carbonyl (C=O) groups excluding carboxylic acids is 2. The number of amides is 2. The first-order chi connectivity index (χ1) is 15.3. The number of halogens is 4. The fourth-order valence-electron chi connectivity index (χ4n) is 3.49. The Morgan fingerprint density at radius 3 is 1.50 bits per heavy atom. The van der Waals surface area contributed by atoms with E-state index in [0.717, 1.165) is 49.9 Å². The van der Waals surface area contributed by atoms with Gasteiger partial charge in [-0.3, -0.25) is 14.5 Å². The van der Waals surface area contributed by atoms with E-state index in [1.165, 1.54) is 19.3 Å². The van der Waals surface area contributed by atoms with Gasteiger partial charge in [-0.25, -0.2) is 17.6 Å². The molecule has 174 valence electrons. The normalized spacial score (nSPS) is 10.9. The van der Waals surface area contributed by atoms with Gasteiger partial charge >= 0.3 is 0 Å². The Labute approximate surface area is 186 Å². The molecule has 0 bridgehead atoms. The predicted molar refractivity (Wildman–Crippen MR) is 115 cm³/mol. The second-order valence-corrected chi connectivity index (χ2v) is 7.84. The molecule has 0 aliphatic heterocycles. The molecule has 2 rings (SSSR count). The van der Waals surface area contributed by atoms with E-state index in [2.05, 4.69) is 6.92 Å². The molecule has 7 heteroatoms. The molecule has 0 aliphatic rings. The summed E-state index contributed by atoms with van der Waals surface area (Å²) in [5.41, 5.74) is -1.27. The fraction of sp³-hybridized carbons (Fsp3) is 0.440. The number of benzene rings is 2. The molecule has 0 atom stereocenters. The molecular formula is C25H29F4NO2. The summed E-state index contributed by atoms with van der Waals surface area (Å²) in [6.07, 6.45) is 8.89. The van der Waals surface area contributed by atoms with Crippen molar-refractivity contribution in [3.05, 3.63) is 70.8 Å². The molecule has 0 saturated carbocycles. The molecule has 0 aliphatic carbocycles. The van der Waals surface area contributed by atoms with Crippen LogP contribution >= 0.6 is 0 Å². The van der Waals surface area contributed by atoms with E-state index in [1.807, 2.05) is 0 Å². The highest BCUT2D eigenvalue weighted by Crippen LogP contribution is 2.19. The smallest absolute Gasteiger partial charge is 0.263 e. The summed E-state index contributed by atoms with van der Waals surface area (Å²) in [5.74, 6) is -5.86. The lowest BCUT2D eigenvalue weighted by molar-refractivity contribution is 0.0607. The van der Waals surface area contributed by atoms with Crippen LogP contribution in [0.5, 0.6) is 0 Å². The molecule has 2 aromatic rings. The summed E-state index contributed by atoms with van der Waals surface area (Å²) in [5, 5.41) is 0. The van der Waals surface area contributed by atoms with Crippen LogP contribution in [0.15, 0.2) is 36.4 Å². The van der Waals surface area contributed by atoms with E-state index in [1.54, 1.807) is 0 Å². The number of carbonyl (C=O) groups is 2. The van der Waals surface area contributed by atoms with Crippen LogP contribution in [0.2, 0.25) is 0 Å². The van der Waals surface area contributed by atoms with Crippen molar-refractivity contribution in [1.82, 2.24) is 4.90 Å². The van der Waals surface area contributed by atoms with Crippen molar-refractivity contribution in [3.63, 3.8) is 0 Å². The lowest BCUT2D eigenvalue weighted by Gasteiger charge is -2.22. The molecule has 0 unspecified atom stereocenters. The molecule has 2 amide bonds. The van der Waals surface area contributed by atoms with E-state index in [0.29, 0.717) is 29.9 Å². The van der Waals surface area contributed by atoms with Crippen molar-refractivity contribution in [1.29, 1.82) is 0 Å². The van der Waals surface area contributed by atoms with Gasteiger partial charge in [0.05, 0.1) is 11.1 Å². The molecule has 0 aromatic heterocycles. The quantitative estimate of drug-likeness (QED) is 0.197. The van der Waals surface area contributed by atoms with Crippen LogP contribution in [-0.2, 0) is 0 Å². The highest BCUT2D eigenvalue weighted by molar-refractivity contribution is 6.10. The highest BCUT2D eigenvalue weighted by atomic mass is 19.1. The van der Waals surface area contributed by atoms with E-state index in [4.69, 9.17) is 0 Å². The standard InChI is InChI=1S/C25H29F4NO2/c1-2-3-4-5-6-7-8-9-10-15-30(24(31)20-16-18(26)11-13-22(20)28)25(32)21-17-19(27)12-14-23(21)29/h11-14,16-17H,2-10,15H2,1H3. The minimum Gasteiger partial charge on any atom is -0.274 e. The summed E-state index contributed by atoms with van der Waals surface area (Å²) in [6, 6.07) is 4.65. The number of hydrogen-bond donors (Lipinski definition) is 0. The van der Waals surface area contributed by atoms with E-state index >= 15 is 0 Å². The van der Waals surface area contributed by atoms with Gasteiger partial charge < -0.3 is 0 Å². The first-order valence-electron chi connectivity index (χ1n) is 11.1. The maximum absolute atomic E-state index is 14.1. The van der Waals surface area contributed by atoms with Crippen LogP contribution in [0.1, 0.15) is 85.4 Å². The number of imide groups is 1. The zero-order chi connectivity index (χ0) is 23.5. The summed E-state index contributed by atoms with van der Waals surface area (Å²) < 4.78 is 55.5. The maximum atomic E-state index is 14.1. The number of rotatable bonds is 12. The van der Waals surface area contributed by atoms with Crippen LogP contribution in [0.25, 0.3) is 0 Å². The molecule has 3 nitrogen and oxygen atoms in total. The molecule has 0 fully saturated rings. The highest BCUT2D eigenvalue weighted by Gasteiger charge is 2.28. The molecule has 32 heavy (non-hydrogen) atoms. The molecular weight excluding hydrogens is 422 g/mol. The Morgan fingerprint density at radius 2 is 1.06 bits per heavy atom. The Bertz CT molecular complexity index is 853. The van der Waals surface area contributed by atoms with Crippen molar-refractivity contribution in [2.45, 2.75) is 64.7 Å². The van der Waals surface area contributed by atoms with Crippen molar-refractivity contribution >= 4 is 11.8 Å². The van der Waals surface area contributed by atoms with Crippen LogP contribution in [0.3, 0.4) is 0 Å².